The third-order valence-corrected chi connectivity index (χ3v) is 6.47. The van der Waals surface area contributed by atoms with Crippen molar-refractivity contribution in [2.24, 2.45) is 0 Å². The first-order valence-corrected chi connectivity index (χ1v) is 11.5. The first-order chi connectivity index (χ1) is 16.2. The van der Waals surface area contributed by atoms with Crippen molar-refractivity contribution in [1.82, 2.24) is 35.0 Å². The molecule has 0 aliphatic carbocycles. The first-order valence-electron chi connectivity index (χ1n) is 10.6. The van der Waals surface area contributed by atoms with Crippen molar-refractivity contribution in [3.05, 3.63) is 72.1 Å². The van der Waals surface area contributed by atoms with E-state index in [1.54, 1.807) is 11.3 Å². The van der Waals surface area contributed by atoms with Gasteiger partial charge >= 0.3 is 0 Å². The lowest BCUT2D eigenvalue weighted by molar-refractivity contribution is 0.402. The molecule has 6 heterocycles. The van der Waals surface area contributed by atoms with Gasteiger partial charge in [-0.15, -0.1) is 11.3 Å². The van der Waals surface area contributed by atoms with E-state index in [4.69, 9.17) is 0 Å². The van der Waals surface area contributed by atoms with Crippen molar-refractivity contribution in [3.8, 4) is 33.2 Å². The fraction of sp³-hybridized carbons (Fsp3) is 0.120. The highest BCUT2D eigenvalue weighted by Crippen LogP contribution is 2.35. The lowest BCUT2D eigenvalue weighted by Crippen LogP contribution is -2.10. The van der Waals surface area contributed by atoms with Gasteiger partial charge in [0.05, 0.1) is 33.7 Å². The van der Waals surface area contributed by atoms with E-state index < -0.39 is 0 Å². The van der Waals surface area contributed by atoms with Gasteiger partial charge in [-0.1, -0.05) is 6.07 Å². The normalized spacial score (nSPS) is 11.7. The third-order valence-electron chi connectivity index (χ3n) is 5.59. The molecule has 8 heteroatoms. The highest BCUT2D eigenvalue weighted by atomic mass is 32.1. The molecular weight excluding hydrogens is 430 g/mol. The van der Waals surface area contributed by atoms with Gasteiger partial charge in [0.25, 0.3) is 0 Å². The molecule has 0 aromatic carbocycles. The molecule has 6 aromatic heterocycles. The summed E-state index contributed by atoms with van der Waals surface area (Å²) in [7, 11) is 4.10. The SMILES string of the molecule is CN(C)Cc1cncc(-c2cc3c(-c4cc5c(-c6cccs6)nccc5[nH]4)n[nH]c3cn2)c1. The number of H-pyrrole nitrogens is 2. The zero-order valence-corrected chi connectivity index (χ0v) is 19.0. The Balaban J connectivity index is 1.45. The number of aromatic amines is 2. The van der Waals surface area contributed by atoms with Crippen LogP contribution in [0.15, 0.2) is 66.6 Å². The number of nitrogens with one attached hydrogen (secondary N) is 2. The number of hydrogen-bond donors (Lipinski definition) is 2. The summed E-state index contributed by atoms with van der Waals surface area (Å²) in [5.41, 5.74) is 7.72. The van der Waals surface area contributed by atoms with Crippen molar-refractivity contribution < 1.29 is 0 Å². The molecule has 0 spiro atoms. The minimum absolute atomic E-state index is 0.829. The van der Waals surface area contributed by atoms with Crippen LogP contribution in [0.2, 0.25) is 0 Å². The fourth-order valence-electron chi connectivity index (χ4n) is 4.15. The third kappa shape index (κ3) is 3.59. The van der Waals surface area contributed by atoms with Crippen molar-refractivity contribution in [3.63, 3.8) is 0 Å². The summed E-state index contributed by atoms with van der Waals surface area (Å²) < 4.78 is 0. The van der Waals surface area contributed by atoms with Gasteiger partial charge < -0.3 is 9.88 Å². The Hall–Kier alpha value is -3.88. The lowest BCUT2D eigenvalue weighted by Gasteiger charge is -2.10. The van der Waals surface area contributed by atoms with Crippen molar-refractivity contribution in [2.45, 2.75) is 6.54 Å². The second kappa shape index (κ2) is 7.91. The standard InChI is InChI=1S/C25H21N7S/c1-32(2)14-15-8-16(12-26-11-15)20-9-18-22(13-28-20)30-31-24(18)21-10-17-19(29-21)5-6-27-25(17)23-4-3-7-33-23/h3-13,29H,14H2,1-2H3,(H,30,31). The molecule has 7 nitrogen and oxygen atoms in total. The number of hydrogen-bond acceptors (Lipinski definition) is 6. The molecule has 0 unspecified atom stereocenters. The maximum Gasteiger partial charge on any atom is 0.116 e. The molecule has 0 amide bonds. The van der Waals surface area contributed by atoms with Crippen LogP contribution in [0.25, 0.3) is 55.0 Å². The summed E-state index contributed by atoms with van der Waals surface area (Å²) in [4.78, 5) is 20.5. The molecule has 6 aromatic rings. The molecule has 6 rings (SSSR count). The number of fused-ring (bicyclic) bond motifs is 2. The highest BCUT2D eigenvalue weighted by Gasteiger charge is 2.16. The largest absolute Gasteiger partial charge is 0.353 e. The van der Waals surface area contributed by atoms with Gasteiger partial charge in [0.15, 0.2) is 0 Å². The highest BCUT2D eigenvalue weighted by molar-refractivity contribution is 7.13. The Morgan fingerprint density at radius 2 is 1.85 bits per heavy atom. The predicted molar refractivity (Wildman–Crippen MR) is 133 cm³/mol. The maximum atomic E-state index is 4.65. The van der Waals surface area contributed by atoms with Crippen LogP contribution in [-0.4, -0.2) is 49.1 Å². The zero-order valence-electron chi connectivity index (χ0n) is 18.2. The van der Waals surface area contributed by atoms with E-state index in [0.29, 0.717) is 0 Å². The van der Waals surface area contributed by atoms with E-state index in [2.05, 4.69) is 78.8 Å². The number of nitrogens with zero attached hydrogens (tertiary/aromatic N) is 5. The van der Waals surface area contributed by atoms with Crippen molar-refractivity contribution in [2.75, 3.05) is 14.1 Å². The number of pyridine rings is 3. The Labute approximate surface area is 194 Å². The van der Waals surface area contributed by atoms with Crippen molar-refractivity contribution in [1.29, 1.82) is 0 Å². The van der Waals surface area contributed by atoms with Gasteiger partial charge in [-0.2, -0.15) is 5.10 Å². The summed E-state index contributed by atoms with van der Waals surface area (Å²) >= 11 is 1.69. The number of rotatable bonds is 5. The average molecular weight is 452 g/mol. The van der Waals surface area contributed by atoms with Gasteiger partial charge in [-0.3, -0.25) is 20.1 Å². The molecule has 0 atom stereocenters. The van der Waals surface area contributed by atoms with Gasteiger partial charge in [0.1, 0.15) is 5.69 Å². The Morgan fingerprint density at radius 3 is 2.70 bits per heavy atom. The summed E-state index contributed by atoms with van der Waals surface area (Å²) in [6.07, 6.45) is 7.43. The van der Waals surface area contributed by atoms with E-state index >= 15 is 0 Å². The number of thiophene rings is 1. The van der Waals surface area contributed by atoms with Gasteiger partial charge in [0, 0.05) is 47.0 Å². The van der Waals surface area contributed by atoms with E-state index in [-0.39, 0.29) is 0 Å². The van der Waals surface area contributed by atoms with Crippen LogP contribution in [-0.2, 0) is 6.54 Å². The Kier molecular flexibility index (Phi) is 4.74. The molecular formula is C25H21N7S. The van der Waals surface area contributed by atoms with E-state index in [1.807, 2.05) is 36.9 Å². The van der Waals surface area contributed by atoms with E-state index in [9.17, 15) is 0 Å². The van der Waals surface area contributed by atoms with Crippen LogP contribution in [0.4, 0.5) is 0 Å². The average Bonchev–Trinajstić information content (AvgIpc) is 3.57. The topological polar surface area (TPSA) is 86.4 Å². The molecule has 2 N–H and O–H groups in total. The summed E-state index contributed by atoms with van der Waals surface area (Å²) in [6, 6.07) is 12.5. The van der Waals surface area contributed by atoms with Crippen LogP contribution in [0, 0.1) is 0 Å². The van der Waals surface area contributed by atoms with Crippen LogP contribution >= 0.6 is 11.3 Å². The molecule has 0 bridgehead atoms. The predicted octanol–water partition coefficient (Wildman–Crippen LogP) is 5.35. The lowest BCUT2D eigenvalue weighted by atomic mass is 10.1. The minimum atomic E-state index is 0.829. The molecule has 0 aliphatic rings. The van der Waals surface area contributed by atoms with Crippen molar-refractivity contribution >= 4 is 33.1 Å². The zero-order chi connectivity index (χ0) is 22.4. The summed E-state index contributed by atoms with van der Waals surface area (Å²) in [5.74, 6) is 0. The Morgan fingerprint density at radius 1 is 0.939 bits per heavy atom. The minimum Gasteiger partial charge on any atom is -0.353 e. The second-order valence-corrected chi connectivity index (χ2v) is 9.24. The first kappa shape index (κ1) is 19.8. The molecule has 0 saturated carbocycles. The number of aromatic nitrogens is 6. The molecule has 33 heavy (non-hydrogen) atoms. The second-order valence-electron chi connectivity index (χ2n) is 8.29. The molecule has 0 radical (unpaired) electrons. The van der Waals surface area contributed by atoms with E-state index in [1.165, 1.54) is 0 Å². The Bertz CT molecular complexity index is 1580. The summed E-state index contributed by atoms with van der Waals surface area (Å²) in [6.45, 7) is 0.829. The quantitative estimate of drug-likeness (QED) is 0.369. The van der Waals surface area contributed by atoms with Gasteiger partial charge in [0.2, 0.25) is 0 Å². The molecule has 0 saturated heterocycles. The van der Waals surface area contributed by atoms with Gasteiger partial charge in [-0.25, -0.2) is 0 Å². The molecule has 162 valence electrons. The summed E-state index contributed by atoms with van der Waals surface area (Å²) in [5, 5.41) is 11.9. The smallest absolute Gasteiger partial charge is 0.116 e. The van der Waals surface area contributed by atoms with E-state index in [0.717, 1.165) is 67.1 Å². The maximum absolute atomic E-state index is 4.65. The molecule has 0 fully saturated rings. The fourth-order valence-corrected chi connectivity index (χ4v) is 4.89. The van der Waals surface area contributed by atoms with Crippen LogP contribution in [0.3, 0.4) is 0 Å². The van der Waals surface area contributed by atoms with Crippen LogP contribution < -0.4 is 0 Å². The monoisotopic (exact) mass is 451 g/mol. The van der Waals surface area contributed by atoms with Gasteiger partial charge in [-0.05, 0) is 55.4 Å². The van der Waals surface area contributed by atoms with Crippen LogP contribution in [0.5, 0.6) is 0 Å². The van der Waals surface area contributed by atoms with Crippen LogP contribution in [0.1, 0.15) is 5.56 Å². The molecule has 0 aliphatic heterocycles.